The molecule has 0 saturated heterocycles. The zero-order valence-electron chi connectivity index (χ0n) is 15.9. The largest absolute Gasteiger partial charge is 0.480 e. The Morgan fingerprint density at radius 2 is 2.08 bits per heavy atom. The van der Waals surface area contributed by atoms with Gasteiger partial charge in [-0.1, -0.05) is 13.8 Å². The van der Waals surface area contributed by atoms with Gasteiger partial charge in [-0.2, -0.15) is 5.10 Å². The molecule has 2 aliphatic rings. The molecule has 144 valence electrons. The summed E-state index contributed by atoms with van der Waals surface area (Å²) in [5.41, 5.74) is 1.81. The molecule has 2 N–H and O–H groups in total. The van der Waals surface area contributed by atoms with Gasteiger partial charge in [0.25, 0.3) is 5.91 Å². The number of amides is 1. The van der Waals surface area contributed by atoms with Gasteiger partial charge in [-0.15, -0.1) is 0 Å². The topological polar surface area (TPSA) is 87.5 Å². The van der Waals surface area contributed by atoms with Crippen molar-refractivity contribution in [3.05, 3.63) is 17.5 Å². The maximum atomic E-state index is 12.8. The van der Waals surface area contributed by atoms with E-state index in [2.05, 4.69) is 24.3 Å². The highest BCUT2D eigenvalue weighted by Crippen LogP contribution is 2.42. The van der Waals surface area contributed by atoms with Crippen molar-refractivity contribution in [2.45, 2.75) is 76.9 Å². The second-order valence-corrected chi connectivity index (χ2v) is 7.67. The lowest BCUT2D eigenvalue weighted by Gasteiger charge is -2.42. The third-order valence-electron chi connectivity index (χ3n) is 5.76. The molecule has 1 aromatic heterocycles. The second-order valence-electron chi connectivity index (χ2n) is 7.67. The number of aromatic nitrogens is 2. The van der Waals surface area contributed by atoms with Crippen LogP contribution in [0.3, 0.4) is 0 Å². The van der Waals surface area contributed by atoms with Crippen molar-refractivity contribution in [2.24, 2.45) is 0 Å². The van der Waals surface area contributed by atoms with Crippen LogP contribution >= 0.6 is 0 Å². The van der Waals surface area contributed by atoms with E-state index in [4.69, 9.17) is 5.11 Å². The number of carbonyl (C=O) groups excluding carboxylic acids is 1. The highest BCUT2D eigenvalue weighted by atomic mass is 16.4. The van der Waals surface area contributed by atoms with Crippen LogP contribution in [-0.4, -0.2) is 56.8 Å². The Morgan fingerprint density at radius 3 is 2.62 bits per heavy atom. The van der Waals surface area contributed by atoms with E-state index in [9.17, 15) is 9.59 Å². The van der Waals surface area contributed by atoms with E-state index in [0.29, 0.717) is 24.1 Å². The molecule has 7 heteroatoms. The number of nitrogens with zero attached hydrogens (tertiary/aromatic N) is 3. The van der Waals surface area contributed by atoms with Crippen LogP contribution in [0.5, 0.6) is 0 Å². The van der Waals surface area contributed by atoms with Gasteiger partial charge in [-0.05, 0) is 45.6 Å². The molecule has 1 amide bonds. The van der Waals surface area contributed by atoms with Crippen LogP contribution in [0.1, 0.15) is 80.9 Å². The number of carbonyl (C=O) groups is 2. The predicted octanol–water partition coefficient (Wildman–Crippen LogP) is 2.40. The van der Waals surface area contributed by atoms with E-state index in [1.165, 1.54) is 0 Å². The molecular weight excluding hydrogens is 332 g/mol. The first kappa shape index (κ1) is 18.9. The van der Waals surface area contributed by atoms with Gasteiger partial charge in [0.05, 0.1) is 24.0 Å². The summed E-state index contributed by atoms with van der Waals surface area (Å²) in [6, 6.07) is 0.663. The standard InChI is InChI=1S/C19H30N4O3/c1-4-12(3)23-18(13-6-7-13)16(10-20-23)19(26)21-14-8-15(9-14)22(5-2)11-17(24)25/h10,12-15H,4-9,11H2,1-3H3,(H,21,26)(H,24,25). The van der Waals surface area contributed by atoms with Crippen molar-refractivity contribution in [3.8, 4) is 0 Å². The summed E-state index contributed by atoms with van der Waals surface area (Å²) in [5, 5.41) is 16.6. The average molecular weight is 362 g/mol. The number of carboxylic acid groups (broad SMARTS) is 1. The van der Waals surface area contributed by atoms with E-state index >= 15 is 0 Å². The lowest BCUT2D eigenvalue weighted by Crippen LogP contribution is -2.54. The minimum atomic E-state index is -0.800. The van der Waals surface area contributed by atoms with Crippen molar-refractivity contribution < 1.29 is 14.7 Å². The van der Waals surface area contributed by atoms with Crippen molar-refractivity contribution in [1.82, 2.24) is 20.0 Å². The lowest BCUT2D eigenvalue weighted by molar-refractivity contribution is -0.139. The van der Waals surface area contributed by atoms with E-state index in [0.717, 1.165) is 37.8 Å². The van der Waals surface area contributed by atoms with Gasteiger partial charge < -0.3 is 10.4 Å². The van der Waals surface area contributed by atoms with Crippen LogP contribution in [0, 0.1) is 0 Å². The Hall–Kier alpha value is -1.89. The van der Waals surface area contributed by atoms with Gasteiger partial charge in [0.2, 0.25) is 0 Å². The number of aliphatic carboxylic acids is 1. The highest BCUT2D eigenvalue weighted by molar-refractivity contribution is 5.95. The summed E-state index contributed by atoms with van der Waals surface area (Å²) in [6.07, 6.45) is 6.59. The zero-order chi connectivity index (χ0) is 18.8. The third kappa shape index (κ3) is 3.92. The minimum Gasteiger partial charge on any atom is -0.480 e. The van der Waals surface area contributed by atoms with Crippen molar-refractivity contribution >= 4 is 11.9 Å². The van der Waals surface area contributed by atoms with Gasteiger partial charge in [0.15, 0.2) is 0 Å². The van der Waals surface area contributed by atoms with E-state index in [1.807, 2.05) is 16.5 Å². The number of nitrogens with one attached hydrogen (secondary N) is 1. The molecule has 3 rings (SSSR count). The third-order valence-corrected chi connectivity index (χ3v) is 5.76. The quantitative estimate of drug-likeness (QED) is 0.704. The molecule has 1 heterocycles. The van der Waals surface area contributed by atoms with E-state index < -0.39 is 5.97 Å². The fourth-order valence-electron chi connectivity index (χ4n) is 3.77. The first-order valence-electron chi connectivity index (χ1n) is 9.78. The molecule has 1 unspecified atom stereocenters. The van der Waals surface area contributed by atoms with Crippen LogP contribution in [0.4, 0.5) is 0 Å². The lowest BCUT2D eigenvalue weighted by atomic mass is 9.85. The molecule has 2 fully saturated rings. The highest BCUT2D eigenvalue weighted by Gasteiger charge is 2.37. The minimum absolute atomic E-state index is 0.0359. The zero-order valence-corrected chi connectivity index (χ0v) is 15.9. The number of hydrogen-bond donors (Lipinski definition) is 2. The van der Waals surface area contributed by atoms with Crippen LogP contribution in [-0.2, 0) is 4.79 Å². The number of rotatable bonds is 9. The Morgan fingerprint density at radius 1 is 1.38 bits per heavy atom. The van der Waals surface area contributed by atoms with Gasteiger partial charge in [-0.3, -0.25) is 19.2 Å². The van der Waals surface area contributed by atoms with Gasteiger partial charge >= 0.3 is 5.97 Å². The summed E-state index contributed by atoms with van der Waals surface area (Å²) in [5.74, 6) is -0.371. The fourth-order valence-corrected chi connectivity index (χ4v) is 3.77. The molecule has 0 radical (unpaired) electrons. The molecular formula is C19H30N4O3. The molecule has 0 spiro atoms. The maximum Gasteiger partial charge on any atom is 0.317 e. The number of hydrogen-bond acceptors (Lipinski definition) is 4. The first-order valence-corrected chi connectivity index (χ1v) is 9.78. The Labute approximate surface area is 154 Å². The van der Waals surface area contributed by atoms with Gasteiger partial charge in [0.1, 0.15) is 0 Å². The van der Waals surface area contributed by atoms with Gasteiger partial charge in [0, 0.05) is 24.0 Å². The summed E-state index contributed by atoms with van der Waals surface area (Å²) < 4.78 is 2.03. The average Bonchev–Trinajstić information content (AvgIpc) is 3.32. The van der Waals surface area contributed by atoms with Crippen LogP contribution < -0.4 is 5.32 Å². The summed E-state index contributed by atoms with van der Waals surface area (Å²) in [7, 11) is 0. The molecule has 1 aromatic rings. The molecule has 1 atom stereocenters. The predicted molar refractivity (Wildman–Crippen MR) is 98.4 cm³/mol. The molecule has 0 aromatic carbocycles. The second kappa shape index (κ2) is 7.78. The van der Waals surface area contributed by atoms with Crippen LogP contribution in [0.2, 0.25) is 0 Å². The smallest absolute Gasteiger partial charge is 0.317 e. The monoisotopic (exact) mass is 362 g/mol. The summed E-state index contributed by atoms with van der Waals surface area (Å²) in [6.45, 7) is 7.02. The number of likely N-dealkylation sites (N-methyl/N-ethyl adjacent to an activating group) is 1. The molecule has 0 aliphatic heterocycles. The van der Waals surface area contributed by atoms with Crippen LogP contribution in [0.15, 0.2) is 6.20 Å². The summed E-state index contributed by atoms with van der Waals surface area (Å²) >= 11 is 0. The van der Waals surface area contributed by atoms with Crippen molar-refractivity contribution in [3.63, 3.8) is 0 Å². The fraction of sp³-hybridized carbons (Fsp3) is 0.737. The van der Waals surface area contributed by atoms with E-state index in [-0.39, 0.29) is 24.5 Å². The molecule has 7 nitrogen and oxygen atoms in total. The molecule has 2 saturated carbocycles. The SMILES string of the molecule is CCC(C)n1ncc(C(=O)NC2CC(N(CC)CC(=O)O)C2)c1C1CC1. The van der Waals surface area contributed by atoms with Crippen molar-refractivity contribution in [1.29, 1.82) is 0 Å². The molecule has 26 heavy (non-hydrogen) atoms. The Kier molecular flexibility index (Phi) is 5.65. The maximum absolute atomic E-state index is 12.8. The summed E-state index contributed by atoms with van der Waals surface area (Å²) in [4.78, 5) is 25.7. The number of carboxylic acids is 1. The Bertz CT molecular complexity index is 662. The Balaban J connectivity index is 1.60. The first-order chi connectivity index (χ1) is 12.4. The van der Waals surface area contributed by atoms with Crippen LogP contribution in [0.25, 0.3) is 0 Å². The molecule has 0 bridgehead atoms. The van der Waals surface area contributed by atoms with Gasteiger partial charge in [-0.25, -0.2) is 0 Å². The van der Waals surface area contributed by atoms with Crippen molar-refractivity contribution in [2.75, 3.05) is 13.1 Å². The normalized spacial score (nSPS) is 23.5. The molecule has 2 aliphatic carbocycles. The van der Waals surface area contributed by atoms with E-state index in [1.54, 1.807) is 6.20 Å².